The maximum atomic E-state index is 2.40. The molecule has 0 amide bonds. The molecule has 0 saturated heterocycles. The predicted octanol–water partition coefficient (Wildman–Crippen LogP) is 3.18. The summed E-state index contributed by atoms with van der Waals surface area (Å²) in [6.07, 6.45) is 3.95. The summed E-state index contributed by atoms with van der Waals surface area (Å²) in [5.74, 6) is 0.877. The predicted molar refractivity (Wildman–Crippen MR) is 48.5 cm³/mol. The van der Waals surface area contributed by atoms with Crippen molar-refractivity contribution >= 4 is 16.5 Å². The summed E-state index contributed by atoms with van der Waals surface area (Å²) in [7, 11) is 0. The summed E-state index contributed by atoms with van der Waals surface area (Å²) in [4.78, 5) is 0. The average Bonchev–Trinajstić information content (AvgIpc) is 2.01. The fraction of sp³-hybridized carbons (Fsp3) is 1.00. The van der Waals surface area contributed by atoms with Crippen LogP contribution in [0.25, 0.3) is 0 Å². The molecule has 0 aliphatic heterocycles. The summed E-state index contributed by atoms with van der Waals surface area (Å²) >= 11 is 2.40. The van der Waals surface area contributed by atoms with Gasteiger partial charge in [0.15, 0.2) is 0 Å². The molecule has 0 aromatic heterocycles. The minimum atomic E-state index is 0.592. The quantitative estimate of drug-likeness (QED) is 0.611. The molecule has 0 nitrogen and oxygen atoms in total. The first-order valence-corrected chi connectivity index (χ1v) is 5.40. The summed E-state index contributed by atoms with van der Waals surface area (Å²) in [5, 5.41) is 0. The van der Waals surface area contributed by atoms with E-state index in [0.29, 0.717) is 4.25 Å². The Labute approximate surface area is 74.0 Å². The van der Waals surface area contributed by atoms with E-state index < -0.39 is 0 Å². The molecule has 1 unspecified atom stereocenters. The second kappa shape index (κ2) is 4.43. The standard InChI is InChI=1S/C9H19Ge/c1-5-8(4)9(10,6-2)7-3/h8H,5-7H2,1-4H3. The summed E-state index contributed by atoms with van der Waals surface area (Å²) in [6, 6.07) is 0. The SMILES string of the molecule is CCC(C)[C]([Ge])(CC)CC. The normalized spacial score (nSPS) is 15.3. The van der Waals surface area contributed by atoms with Crippen molar-refractivity contribution in [1.29, 1.82) is 0 Å². The molecule has 0 rings (SSSR count). The monoisotopic (exact) mass is 201 g/mol. The Morgan fingerprint density at radius 2 is 1.60 bits per heavy atom. The van der Waals surface area contributed by atoms with Gasteiger partial charge >= 0.3 is 73.6 Å². The van der Waals surface area contributed by atoms with E-state index in [4.69, 9.17) is 0 Å². The Morgan fingerprint density at radius 1 is 1.20 bits per heavy atom. The summed E-state index contributed by atoms with van der Waals surface area (Å²) in [5.41, 5.74) is 0. The Hall–Kier alpha value is 0.543. The van der Waals surface area contributed by atoms with Gasteiger partial charge < -0.3 is 0 Å². The van der Waals surface area contributed by atoms with Crippen molar-refractivity contribution in [3.8, 4) is 0 Å². The van der Waals surface area contributed by atoms with Crippen LogP contribution in [0.5, 0.6) is 0 Å². The third kappa shape index (κ3) is 2.30. The van der Waals surface area contributed by atoms with Crippen LogP contribution in [-0.4, -0.2) is 16.5 Å². The Bertz CT molecular complexity index is 84.7. The van der Waals surface area contributed by atoms with E-state index in [0.717, 1.165) is 5.92 Å². The van der Waals surface area contributed by atoms with Crippen LogP contribution in [0.1, 0.15) is 47.0 Å². The van der Waals surface area contributed by atoms with Crippen molar-refractivity contribution in [2.24, 2.45) is 5.92 Å². The van der Waals surface area contributed by atoms with E-state index in [2.05, 4.69) is 44.2 Å². The van der Waals surface area contributed by atoms with Crippen molar-refractivity contribution in [3.05, 3.63) is 0 Å². The van der Waals surface area contributed by atoms with E-state index in [1.165, 1.54) is 19.3 Å². The first-order valence-electron chi connectivity index (χ1n) is 4.35. The van der Waals surface area contributed by atoms with E-state index in [9.17, 15) is 0 Å². The summed E-state index contributed by atoms with van der Waals surface area (Å²) in [6.45, 7) is 9.26. The van der Waals surface area contributed by atoms with Crippen molar-refractivity contribution in [3.63, 3.8) is 0 Å². The first kappa shape index (κ1) is 10.5. The van der Waals surface area contributed by atoms with Gasteiger partial charge in [-0.25, -0.2) is 0 Å². The first-order chi connectivity index (χ1) is 4.60. The summed E-state index contributed by atoms with van der Waals surface area (Å²) < 4.78 is 0.592. The van der Waals surface area contributed by atoms with Crippen LogP contribution in [0.2, 0.25) is 4.25 Å². The molecular formula is C9H19Ge. The molecule has 0 bridgehead atoms. The van der Waals surface area contributed by atoms with Crippen molar-refractivity contribution < 1.29 is 0 Å². The zero-order chi connectivity index (χ0) is 8.20. The molecule has 3 radical (unpaired) electrons. The molecule has 10 heavy (non-hydrogen) atoms. The molecule has 0 saturated carbocycles. The van der Waals surface area contributed by atoms with Gasteiger partial charge in [0.1, 0.15) is 0 Å². The topological polar surface area (TPSA) is 0 Å². The Morgan fingerprint density at radius 3 is 1.70 bits per heavy atom. The van der Waals surface area contributed by atoms with E-state index in [1.54, 1.807) is 0 Å². The molecule has 0 fully saturated rings. The van der Waals surface area contributed by atoms with Gasteiger partial charge in [0.25, 0.3) is 0 Å². The fourth-order valence-corrected chi connectivity index (χ4v) is 1.77. The zero-order valence-electron chi connectivity index (χ0n) is 7.70. The van der Waals surface area contributed by atoms with Gasteiger partial charge in [0.05, 0.1) is 0 Å². The van der Waals surface area contributed by atoms with Gasteiger partial charge in [-0.05, 0) is 0 Å². The van der Waals surface area contributed by atoms with Crippen LogP contribution in [0.3, 0.4) is 0 Å². The Balaban J connectivity index is 4.02. The van der Waals surface area contributed by atoms with Crippen LogP contribution >= 0.6 is 0 Å². The van der Waals surface area contributed by atoms with Gasteiger partial charge in [-0.15, -0.1) is 0 Å². The fourth-order valence-electron chi connectivity index (χ4n) is 1.34. The Kier molecular flexibility index (Phi) is 4.67. The maximum absolute atomic E-state index is 2.40. The second-order valence-corrected chi connectivity index (χ2v) is 5.26. The minimum absolute atomic E-state index is 0.592. The van der Waals surface area contributed by atoms with Crippen LogP contribution in [0.15, 0.2) is 0 Å². The van der Waals surface area contributed by atoms with Crippen molar-refractivity contribution in [1.82, 2.24) is 0 Å². The van der Waals surface area contributed by atoms with Crippen LogP contribution in [-0.2, 0) is 0 Å². The molecular weight excluding hydrogens is 181 g/mol. The molecule has 59 valence electrons. The van der Waals surface area contributed by atoms with Crippen molar-refractivity contribution in [2.75, 3.05) is 0 Å². The molecule has 1 atom stereocenters. The van der Waals surface area contributed by atoms with Gasteiger partial charge in [-0.2, -0.15) is 0 Å². The third-order valence-corrected chi connectivity index (χ3v) is 5.33. The van der Waals surface area contributed by atoms with Crippen molar-refractivity contribution in [2.45, 2.75) is 51.2 Å². The molecule has 0 aliphatic carbocycles. The molecule has 0 aromatic carbocycles. The van der Waals surface area contributed by atoms with Gasteiger partial charge in [-0.3, -0.25) is 0 Å². The van der Waals surface area contributed by atoms with Gasteiger partial charge in [-0.1, -0.05) is 0 Å². The van der Waals surface area contributed by atoms with Crippen LogP contribution < -0.4 is 0 Å². The average molecular weight is 200 g/mol. The molecule has 0 heterocycles. The number of rotatable bonds is 4. The molecule has 1 heteroatoms. The van der Waals surface area contributed by atoms with E-state index in [1.807, 2.05) is 0 Å². The molecule has 0 aliphatic rings. The van der Waals surface area contributed by atoms with E-state index in [-0.39, 0.29) is 0 Å². The second-order valence-electron chi connectivity index (χ2n) is 3.17. The molecule has 0 spiro atoms. The zero-order valence-corrected chi connectivity index (χ0v) is 9.80. The third-order valence-electron chi connectivity index (χ3n) is 2.82. The van der Waals surface area contributed by atoms with Crippen LogP contribution in [0, 0.1) is 5.92 Å². The number of hydrogen-bond acceptors (Lipinski definition) is 0. The molecule has 0 N–H and O–H groups in total. The number of hydrogen-bond donors (Lipinski definition) is 0. The van der Waals surface area contributed by atoms with E-state index >= 15 is 0 Å². The van der Waals surface area contributed by atoms with Gasteiger partial charge in [0.2, 0.25) is 0 Å². The van der Waals surface area contributed by atoms with Gasteiger partial charge in [0, 0.05) is 0 Å². The van der Waals surface area contributed by atoms with Crippen LogP contribution in [0.4, 0.5) is 0 Å². The molecule has 0 aromatic rings.